The Labute approximate surface area is 108 Å². The van der Waals surface area contributed by atoms with Gasteiger partial charge in [0.2, 0.25) is 6.10 Å². The smallest absolute Gasteiger partial charge is 0.415 e. The number of hydrogen-bond acceptors (Lipinski definition) is 6. The average molecular weight is 267 g/mol. The Balaban J connectivity index is 2.28. The van der Waals surface area contributed by atoms with E-state index in [0.717, 1.165) is 0 Å². The largest absolute Gasteiger partial charge is 0.478 e. The molecule has 0 radical (unpaired) electrons. The van der Waals surface area contributed by atoms with Gasteiger partial charge >= 0.3 is 12.1 Å². The summed E-state index contributed by atoms with van der Waals surface area (Å²) in [5.74, 6) is -1.64. The number of ether oxygens (including phenoxy) is 1. The van der Waals surface area contributed by atoms with Gasteiger partial charge in [-0.05, 0) is 12.2 Å². The third-order valence-corrected chi connectivity index (χ3v) is 3.09. The van der Waals surface area contributed by atoms with E-state index in [1.54, 1.807) is 13.0 Å². The Bertz CT molecular complexity index is 522. The number of carbonyl (C=O) groups is 2. The molecule has 8 heteroatoms. The second-order valence-electron chi connectivity index (χ2n) is 4.24. The number of aliphatic carboxylic acids is 1. The number of cyclic esters (lactones) is 1. The van der Waals surface area contributed by atoms with E-state index >= 15 is 0 Å². The van der Waals surface area contributed by atoms with Crippen LogP contribution in [0.25, 0.3) is 0 Å². The summed E-state index contributed by atoms with van der Waals surface area (Å²) < 4.78 is 4.72. The highest BCUT2D eigenvalue weighted by Crippen LogP contribution is 2.27. The van der Waals surface area contributed by atoms with Gasteiger partial charge in [0.05, 0.1) is 12.2 Å². The van der Waals surface area contributed by atoms with Crippen molar-refractivity contribution in [1.82, 2.24) is 4.90 Å². The van der Waals surface area contributed by atoms with Crippen LogP contribution in [0.3, 0.4) is 0 Å². The summed E-state index contributed by atoms with van der Waals surface area (Å²) in [5.41, 5.74) is 6.65. The summed E-state index contributed by atoms with van der Waals surface area (Å²) in [6.07, 6.45) is 1.14. The van der Waals surface area contributed by atoms with Crippen LogP contribution in [0.5, 0.6) is 0 Å². The van der Waals surface area contributed by atoms with Gasteiger partial charge in [0.25, 0.3) is 0 Å². The van der Waals surface area contributed by atoms with Gasteiger partial charge in [0, 0.05) is 11.6 Å². The summed E-state index contributed by atoms with van der Waals surface area (Å²) in [6.45, 7) is 1.61. The highest BCUT2D eigenvalue weighted by Gasteiger charge is 2.40. The number of amides is 1. The summed E-state index contributed by atoms with van der Waals surface area (Å²) >= 11 is 0. The maximum absolute atomic E-state index is 11.7. The molecule has 2 atom stereocenters. The first-order valence-corrected chi connectivity index (χ1v) is 5.56. The van der Waals surface area contributed by atoms with E-state index in [4.69, 9.17) is 20.8 Å². The minimum Gasteiger partial charge on any atom is -0.478 e. The number of nitrogens with two attached hydrogens (primary N) is 1. The molecule has 0 bridgehead atoms. The third-order valence-electron chi connectivity index (χ3n) is 3.09. The SMILES string of the molecule is CC1C(N2CC(C(=O)O)OC2=O)=CC=C(N)C1=NO. The molecule has 1 saturated heterocycles. The van der Waals surface area contributed by atoms with Crippen molar-refractivity contribution in [2.24, 2.45) is 16.8 Å². The Hall–Kier alpha value is -2.51. The highest BCUT2D eigenvalue weighted by atomic mass is 16.6. The van der Waals surface area contributed by atoms with Gasteiger partial charge in [0.1, 0.15) is 5.71 Å². The van der Waals surface area contributed by atoms with E-state index in [1.165, 1.54) is 11.0 Å². The van der Waals surface area contributed by atoms with Gasteiger partial charge < -0.3 is 20.8 Å². The molecule has 2 aliphatic rings. The molecule has 19 heavy (non-hydrogen) atoms. The summed E-state index contributed by atoms with van der Waals surface area (Å²) in [6, 6.07) is 0. The molecule has 1 heterocycles. The average Bonchev–Trinajstić information content (AvgIpc) is 2.72. The molecule has 0 spiro atoms. The third kappa shape index (κ3) is 2.12. The zero-order chi connectivity index (χ0) is 14.2. The topological polar surface area (TPSA) is 125 Å². The molecular weight excluding hydrogens is 254 g/mol. The first-order chi connectivity index (χ1) is 8.95. The van der Waals surface area contributed by atoms with Crippen molar-refractivity contribution >= 4 is 17.8 Å². The van der Waals surface area contributed by atoms with Crippen LogP contribution in [0, 0.1) is 5.92 Å². The summed E-state index contributed by atoms with van der Waals surface area (Å²) in [5, 5.41) is 20.8. The number of carboxylic acid groups (broad SMARTS) is 1. The molecule has 2 rings (SSSR count). The summed E-state index contributed by atoms with van der Waals surface area (Å²) in [7, 11) is 0. The van der Waals surface area contributed by atoms with Crippen LogP contribution in [0.15, 0.2) is 28.7 Å². The first kappa shape index (κ1) is 12.9. The maximum Gasteiger partial charge on any atom is 0.415 e. The van der Waals surface area contributed by atoms with E-state index in [1.807, 2.05) is 0 Å². The lowest BCUT2D eigenvalue weighted by molar-refractivity contribution is -0.144. The van der Waals surface area contributed by atoms with Gasteiger partial charge in [-0.1, -0.05) is 12.1 Å². The van der Waals surface area contributed by atoms with Crippen LogP contribution in [0.2, 0.25) is 0 Å². The van der Waals surface area contributed by atoms with Crippen molar-refractivity contribution in [3.05, 3.63) is 23.5 Å². The quantitative estimate of drug-likeness (QED) is 0.481. The van der Waals surface area contributed by atoms with Gasteiger partial charge in [-0.2, -0.15) is 0 Å². The van der Waals surface area contributed by atoms with Gasteiger partial charge in [-0.15, -0.1) is 0 Å². The van der Waals surface area contributed by atoms with Crippen LogP contribution in [-0.2, 0) is 9.53 Å². The number of carbonyl (C=O) groups excluding carboxylic acids is 1. The van der Waals surface area contributed by atoms with Gasteiger partial charge in [-0.25, -0.2) is 9.59 Å². The molecule has 0 saturated carbocycles. The summed E-state index contributed by atoms with van der Waals surface area (Å²) in [4.78, 5) is 23.7. The van der Waals surface area contributed by atoms with Crippen LogP contribution in [0.1, 0.15) is 6.92 Å². The first-order valence-electron chi connectivity index (χ1n) is 5.56. The predicted molar refractivity (Wildman–Crippen MR) is 63.3 cm³/mol. The fourth-order valence-electron chi connectivity index (χ4n) is 2.07. The molecular formula is C11H13N3O5. The number of hydrogen-bond donors (Lipinski definition) is 3. The molecule has 2 unspecified atom stereocenters. The molecule has 102 valence electrons. The predicted octanol–water partition coefficient (Wildman–Crippen LogP) is 0.0982. The molecule has 1 amide bonds. The Morgan fingerprint density at radius 1 is 1.58 bits per heavy atom. The Kier molecular flexibility index (Phi) is 3.16. The lowest BCUT2D eigenvalue weighted by Crippen LogP contribution is -2.35. The number of carboxylic acids is 1. The van der Waals surface area contributed by atoms with Gasteiger partial charge in [-0.3, -0.25) is 4.90 Å². The van der Waals surface area contributed by atoms with E-state index in [0.29, 0.717) is 11.4 Å². The van der Waals surface area contributed by atoms with Gasteiger partial charge in [0.15, 0.2) is 0 Å². The van der Waals surface area contributed by atoms with Crippen molar-refractivity contribution < 1.29 is 24.6 Å². The Morgan fingerprint density at radius 2 is 2.26 bits per heavy atom. The molecule has 0 aromatic carbocycles. The second-order valence-corrected chi connectivity index (χ2v) is 4.24. The van der Waals surface area contributed by atoms with Crippen molar-refractivity contribution in [1.29, 1.82) is 0 Å². The molecule has 4 N–H and O–H groups in total. The zero-order valence-corrected chi connectivity index (χ0v) is 10.1. The molecule has 0 aromatic heterocycles. The molecule has 1 fully saturated rings. The zero-order valence-electron chi connectivity index (χ0n) is 10.1. The molecule has 1 aliphatic carbocycles. The van der Waals surface area contributed by atoms with E-state index in [-0.39, 0.29) is 12.3 Å². The van der Waals surface area contributed by atoms with Crippen LogP contribution < -0.4 is 5.73 Å². The standard InChI is InChI=1S/C11H13N3O5/c1-5-7(3-2-6(12)9(5)13-18)14-4-8(10(15)16)19-11(14)17/h2-3,5,8,18H,4,12H2,1H3,(H,15,16). The van der Waals surface area contributed by atoms with Crippen molar-refractivity contribution in [2.45, 2.75) is 13.0 Å². The minimum absolute atomic E-state index is 0.0865. The minimum atomic E-state index is -1.20. The number of oxime groups is 1. The lowest BCUT2D eigenvalue weighted by Gasteiger charge is -2.26. The van der Waals surface area contributed by atoms with Crippen LogP contribution in [0.4, 0.5) is 4.79 Å². The van der Waals surface area contributed by atoms with Crippen molar-refractivity contribution in [3.63, 3.8) is 0 Å². The maximum atomic E-state index is 11.7. The molecule has 8 nitrogen and oxygen atoms in total. The van der Waals surface area contributed by atoms with E-state index in [9.17, 15) is 9.59 Å². The fourth-order valence-corrected chi connectivity index (χ4v) is 2.07. The van der Waals surface area contributed by atoms with Crippen molar-refractivity contribution in [2.75, 3.05) is 6.54 Å². The van der Waals surface area contributed by atoms with Crippen LogP contribution >= 0.6 is 0 Å². The van der Waals surface area contributed by atoms with Crippen LogP contribution in [-0.4, -0.2) is 45.6 Å². The second kappa shape index (κ2) is 4.63. The Morgan fingerprint density at radius 3 is 2.79 bits per heavy atom. The number of nitrogens with zero attached hydrogens (tertiary/aromatic N) is 2. The highest BCUT2D eigenvalue weighted by molar-refractivity contribution is 6.03. The molecule has 0 aromatic rings. The monoisotopic (exact) mass is 267 g/mol. The fraction of sp³-hybridized carbons (Fsp3) is 0.364. The normalized spacial score (nSPS) is 29.0. The van der Waals surface area contributed by atoms with Crippen molar-refractivity contribution in [3.8, 4) is 0 Å². The van der Waals surface area contributed by atoms with E-state index < -0.39 is 24.1 Å². The number of rotatable bonds is 2. The lowest BCUT2D eigenvalue weighted by atomic mass is 9.93. The number of allylic oxidation sites excluding steroid dienone is 4. The van der Waals surface area contributed by atoms with E-state index in [2.05, 4.69) is 5.16 Å². The molecule has 1 aliphatic heterocycles.